The van der Waals surface area contributed by atoms with Gasteiger partial charge in [0, 0.05) is 24.7 Å². The van der Waals surface area contributed by atoms with Crippen LogP contribution in [0.15, 0.2) is 41.2 Å². The van der Waals surface area contributed by atoms with Gasteiger partial charge in [-0.1, -0.05) is 6.07 Å². The number of nitro benzene ring substituents is 1. The highest BCUT2D eigenvalue weighted by molar-refractivity contribution is 5.98. The second kappa shape index (κ2) is 6.08. The fourth-order valence-electron chi connectivity index (χ4n) is 1.95. The zero-order valence-corrected chi connectivity index (χ0v) is 11.4. The Morgan fingerprint density at radius 3 is 2.76 bits per heavy atom. The maximum absolute atomic E-state index is 12.4. The summed E-state index contributed by atoms with van der Waals surface area (Å²) in [4.78, 5) is 23.9. The molecule has 0 atom stereocenters. The number of phenolic OH excluding ortho intramolecular Hbond substituents is 1. The van der Waals surface area contributed by atoms with Crippen molar-refractivity contribution >= 4 is 11.6 Å². The van der Waals surface area contributed by atoms with Crippen molar-refractivity contribution in [1.82, 2.24) is 4.90 Å². The van der Waals surface area contributed by atoms with Gasteiger partial charge in [-0.25, -0.2) is 0 Å². The normalized spacial score (nSPS) is 10.3. The van der Waals surface area contributed by atoms with Gasteiger partial charge >= 0.3 is 5.69 Å². The molecule has 2 rings (SSSR count). The Balaban J connectivity index is 2.29. The minimum absolute atomic E-state index is 0.0884. The zero-order chi connectivity index (χ0) is 15.4. The second-order valence-electron chi connectivity index (χ2n) is 4.38. The molecule has 0 saturated carbocycles. The maximum atomic E-state index is 12.4. The average molecular weight is 290 g/mol. The van der Waals surface area contributed by atoms with Crippen LogP contribution in [-0.2, 0) is 6.54 Å². The lowest BCUT2D eigenvalue weighted by molar-refractivity contribution is -0.385. The molecule has 0 spiro atoms. The summed E-state index contributed by atoms with van der Waals surface area (Å²) in [6.07, 6.45) is 3.02. The van der Waals surface area contributed by atoms with E-state index in [0.717, 1.165) is 11.6 Å². The van der Waals surface area contributed by atoms with Crippen LogP contribution >= 0.6 is 0 Å². The SMILES string of the molecule is CCN(Cc1ccoc1)C(=O)c1cccc([N+](=O)[O-])c1O. The largest absolute Gasteiger partial charge is 0.502 e. The Hall–Kier alpha value is -2.83. The number of rotatable bonds is 5. The average Bonchev–Trinajstić information content (AvgIpc) is 2.97. The number of hydrogen-bond donors (Lipinski definition) is 1. The van der Waals surface area contributed by atoms with Crippen LogP contribution in [0.25, 0.3) is 0 Å². The number of aromatic hydroxyl groups is 1. The molecule has 1 amide bonds. The molecule has 1 aromatic carbocycles. The Morgan fingerprint density at radius 1 is 1.43 bits per heavy atom. The topological polar surface area (TPSA) is 96.8 Å². The molecule has 21 heavy (non-hydrogen) atoms. The van der Waals surface area contributed by atoms with E-state index < -0.39 is 22.3 Å². The second-order valence-corrected chi connectivity index (χ2v) is 4.38. The smallest absolute Gasteiger partial charge is 0.311 e. The van der Waals surface area contributed by atoms with Crippen molar-refractivity contribution in [3.05, 3.63) is 58.0 Å². The van der Waals surface area contributed by atoms with Crippen molar-refractivity contribution in [2.75, 3.05) is 6.54 Å². The molecular formula is C14H14N2O5. The van der Waals surface area contributed by atoms with Crippen molar-refractivity contribution < 1.29 is 19.2 Å². The molecule has 1 aromatic heterocycles. The van der Waals surface area contributed by atoms with E-state index in [2.05, 4.69) is 0 Å². The van der Waals surface area contributed by atoms with E-state index in [9.17, 15) is 20.0 Å². The molecule has 1 N–H and O–H groups in total. The summed E-state index contributed by atoms with van der Waals surface area (Å²) in [5.74, 6) is -1.09. The van der Waals surface area contributed by atoms with Crippen LogP contribution in [0, 0.1) is 10.1 Å². The summed E-state index contributed by atoms with van der Waals surface area (Å²) in [6.45, 7) is 2.48. The van der Waals surface area contributed by atoms with Gasteiger partial charge in [0.15, 0.2) is 0 Å². The number of hydrogen-bond acceptors (Lipinski definition) is 5. The van der Waals surface area contributed by atoms with E-state index in [1.807, 2.05) is 0 Å². The molecule has 1 heterocycles. The lowest BCUT2D eigenvalue weighted by Gasteiger charge is -2.20. The molecule has 0 aliphatic heterocycles. The minimum Gasteiger partial charge on any atom is -0.502 e. The van der Waals surface area contributed by atoms with Gasteiger partial charge in [-0.15, -0.1) is 0 Å². The fourth-order valence-corrected chi connectivity index (χ4v) is 1.95. The standard InChI is InChI=1S/C14H14N2O5/c1-2-15(8-10-6-7-21-9-10)14(18)11-4-3-5-12(13(11)17)16(19)20/h3-7,9,17H,2,8H2,1H3. The maximum Gasteiger partial charge on any atom is 0.311 e. The molecule has 0 aliphatic carbocycles. The molecule has 0 aliphatic rings. The van der Waals surface area contributed by atoms with Gasteiger partial charge in [0.2, 0.25) is 5.75 Å². The molecule has 0 bridgehead atoms. The number of phenols is 1. The lowest BCUT2D eigenvalue weighted by Crippen LogP contribution is -2.30. The highest BCUT2D eigenvalue weighted by Crippen LogP contribution is 2.30. The predicted octanol–water partition coefficient (Wildman–Crippen LogP) is 2.56. The first-order valence-electron chi connectivity index (χ1n) is 6.31. The van der Waals surface area contributed by atoms with Gasteiger partial charge in [0.05, 0.1) is 23.0 Å². The summed E-state index contributed by atoms with van der Waals surface area (Å²) < 4.78 is 4.94. The van der Waals surface area contributed by atoms with E-state index in [4.69, 9.17) is 4.42 Å². The first-order valence-corrected chi connectivity index (χ1v) is 6.31. The molecule has 7 nitrogen and oxygen atoms in total. The highest BCUT2D eigenvalue weighted by atomic mass is 16.6. The van der Waals surface area contributed by atoms with E-state index >= 15 is 0 Å². The number of furan rings is 1. The monoisotopic (exact) mass is 290 g/mol. The fraction of sp³-hybridized carbons (Fsp3) is 0.214. The van der Waals surface area contributed by atoms with E-state index in [-0.39, 0.29) is 5.56 Å². The molecule has 110 valence electrons. The Morgan fingerprint density at radius 2 is 2.19 bits per heavy atom. The van der Waals surface area contributed by atoms with Crippen molar-refractivity contribution in [3.63, 3.8) is 0 Å². The molecule has 0 radical (unpaired) electrons. The minimum atomic E-state index is -0.724. The first kappa shape index (κ1) is 14.6. The van der Waals surface area contributed by atoms with Crippen LogP contribution in [0.3, 0.4) is 0 Å². The number of carbonyl (C=O) groups excluding carboxylic acids is 1. The quantitative estimate of drug-likeness (QED) is 0.674. The Labute approximate surface area is 120 Å². The summed E-state index contributed by atoms with van der Waals surface area (Å²) in [5.41, 5.74) is 0.227. The summed E-state index contributed by atoms with van der Waals surface area (Å²) in [6, 6.07) is 5.61. The van der Waals surface area contributed by atoms with E-state index in [1.165, 1.54) is 29.6 Å². The number of amides is 1. The van der Waals surface area contributed by atoms with Crippen molar-refractivity contribution in [1.29, 1.82) is 0 Å². The number of carbonyl (C=O) groups is 1. The number of nitrogens with zero attached hydrogens (tertiary/aromatic N) is 2. The molecule has 7 heteroatoms. The van der Waals surface area contributed by atoms with Crippen LogP contribution in [0.5, 0.6) is 5.75 Å². The van der Waals surface area contributed by atoms with Crippen LogP contribution < -0.4 is 0 Å². The Bertz CT molecular complexity index is 651. The first-order chi connectivity index (χ1) is 10.0. The zero-order valence-electron chi connectivity index (χ0n) is 11.4. The third kappa shape index (κ3) is 3.02. The molecule has 2 aromatic rings. The number of nitro groups is 1. The summed E-state index contributed by atoms with van der Waals surface area (Å²) >= 11 is 0. The van der Waals surface area contributed by atoms with Crippen LogP contribution in [0.2, 0.25) is 0 Å². The third-order valence-electron chi connectivity index (χ3n) is 3.06. The number of para-hydroxylation sites is 1. The van der Waals surface area contributed by atoms with Gasteiger partial charge in [-0.2, -0.15) is 0 Å². The highest BCUT2D eigenvalue weighted by Gasteiger charge is 2.24. The van der Waals surface area contributed by atoms with Gasteiger partial charge in [-0.05, 0) is 19.1 Å². The molecule has 0 fully saturated rings. The van der Waals surface area contributed by atoms with Crippen LogP contribution in [-0.4, -0.2) is 27.4 Å². The van der Waals surface area contributed by atoms with E-state index in [0.29, 0.717) is 13.1 Å². The van der Waals surface area contributed by atoms with Crippen molar-refractivity contribution in [3.8, 4) is 5.75 Å². The van der Waals surface area contributed by atoms with Gasteiger partial charge in [0.1, 0.15) is 0 Å². The van der Waals surface area contributed by atoms with Crippen LogP contribution in [0.4, 0.5) is 5.69 Å². The van der Waals surface area contributed by atoms with Crippen molar-refractivity contribution in [2.24, 2.45) is 0 Å². The number of benzene rings is 1. The predicted molar refractivity (Wildman–Crippen MR) is 73.9 cm³/mol. The van der Waals surface area contributed by atoms with Gasteiger partial charge < -0.3 is 14.4 Å². The summed E-state index contributed by atoms with van der Waals surface area (Å²) in [7, 11) is 0. The lowest BCUT2D eigenvalue weighted by atomic mass is 10.1. The molecule has 0 unspecified atom stereocenters. The van der Waals surface area contributed by atoms with E-state index in [1.54, 1.807) is 13.0 Å². The Kier molecular flexibility index (Phi) is 4.22. The summed E-state index contributed by atoms with van der Waals surface area (Å²) in [5, 5.41) is 20.7. The van der Waals surface area contributed by atoms with Crippen molar-refractivity contribution in [2.45, 2.75) is 13.5 Å². The molecule has 0 saturated heterocycles. The third-order valence-corrected chi connectivity index (χ3v) is 3.06. The van der Waals surface area contributed by atoms with Gasteiger partial charge in [-0.3, -0.25) is 14.9 Å². The van der Waals surface area contributed by atoms with Crippen LogP contribution in [0.1, 0.15) is 22.8 Å². The molecular weight excluding hydrogens is 276 g/mol. The van der Waals surface area contributed by atoms with Gasteiger partial charge in [0.25, 0.3) is 5.91 Å².